The van der Waals surface area contributed by atoms with Crippen LogP contribution in [-0.2, 0) is 16.6 Å². The molecule has 2 aromatic carbocycles. The summed E-state index contributed by atoms with van der Waals surface area (Å²) in [5.41, 5.74) is 3.12. The van der Waals surface area contributed by atoms with Gasteiger partial charge in [-0.1, -0.05) is 41.2 Å². The zero-order chi connectivity index (χ0) is 22.7. The van der Waals surface area contributed by atoms with Gasteiger partial charge in [0.15, 0.2) is 0 Å². The van der Waals surface area contributed by atoms with Crippen molar-refractivity contribution in [1.29, 1.82) is 0 Å². The number of sulfonamides is 1. The molecule has 4 rings (SSSR count). The molecule has 2 heterocycles. The van der Waals surface area contributed by atoms with E-state index >= 15 is 0 Å². The third-order valence-corrected chi connectivity index (χ3v) is 7.25. The standard InChI is InChI=1S/C21H20N6O3S2/c1-14-4-3-5-17(12-14)19(28)24-20-25-26-21(31-20)32(29,30)23-13-16-6-8-18(9-7-16)27-11-10-22-15(27)2/h3-12,23H,13H2,1-2H3,(H,24,25,28). The van der Waals surface area contributed by atoms with Crippen LogP contribution < -0.4 is 10.0 Å². The summed E-state index contributed by atoms with van der Waals surface area (Å²) in [6, 6.07) is 14.5. The van der Waals surface area contributed by atoms with E-state index in [-0.39, 0.29) is 21.9 Å². The second-order valence-electron chi connectivity index (χ2n) is 7.03. The van der Waals surface area contributed by atoms with Gasteiger partial charge in [-0.25, -0.2) is 18.1 Å². The van der Waals surface area contributed by atoms with E-state index in [1.54, 1.807) is 24.4 Å². The third-order valence-electron chi connectivity index (χ3n) is 4.64. The van der Waals surface area contributed by atoms with Crippen molar-refractivity contribution in [2.24, 2.45) is 0 Å². The molecule has 0 spiro atoms. The predicted octanol–water partition coefficient (Wildman–Crippen LogP) is 3.07. The van der Waals surface area contributed by atoms with Crippen molar-refractivity contribution in [1.82, 2.24) is 24.5 Å². The number of anilines is 1. The summed E-state index contributed by atoms with van der Waals surface area (Å²) in [5.74, 6) is 0.481. The summed E-state index contributed by atoms with van der Waals surface area (Å²) >= 11 is 0.790. The quantitative estimate of drug-likeness (QED) is 0.402. The van der Waals surface area contributed by atoms with Crippen LogP contribution in [0, 0.1) is 13.8 Å². The maximum atomic E-state index is 12.6. The normalized spacial score (nSPS) is 11.4. The number of nitrogens with one attached hydrogen (secondary N) is 2. The summed E-state index contributed by atoms with van der Waals surface area (Å²) < 4.78 is 29.4. The van der Waals surface area contributed by atoms with Gasteiger partial charge >= 0.3 is 0 Å². The lowest BCUT2D eigenvalue weighted by Crippen LogP contribution is -2.23. The highest BCUT2D eigenvalue weighted by Gasteiger charge is 2.21. The summed E-state index contributed by atoms with van der Waals surface area (Å²) in [6.45, 7) is 3.88. The minimum absolute atomic E-state index is 0.0933. The number of aromatic nitrogens is 4. The van der Waals surface area contributed by atoms with Crippen LogP contribution in [0.1, 0.15) is 27.3 Å². The second-order valence-corrected chi connectivity index (χ2v) is 9.95. The highest BCUT2D eigenvalue weighted by atomic mass is 32.2. The van der Waals surface area contributed by atoms with Crippen LogP contribution in [-0.4, -0.2) is 34.1 Å². The second kappa shape index (κ2) is 8.99. The third kappa shape index (κ3) is 4.90. The van der Waals surface area contributed by atoms with Crippen molar-refractivity contribution in [3.8, 4) is 5.69 Å². The Morgan fingerprint density at radius 3 is 2.56 bits per heavy atom. The number of hydrogen-bond acceptors (Lipinski definition) is 7. The van der Waals surface area contributed by atoms with Crippen molar-refractivity contribution in [3.05, 3.63) is 83.4 Å². The van der Waals surface area contributed by atoms with Crippen molar-refractivity contribution in [3.63, 3.8) is 0 Å². The van der Waals surface area contributed by atoms with Gasteiger partial charge in [-0.3, -0.25) is 10.1 Å². The molecule has 32 heavy (non-hydrogen) atoms. The van der Waals surface area contributed by atoms with Gasteiger partial charge in [0, 0.05) is 30.2 Å². The average molecular weight is 469 g/mol. The number of nitrogens with zero attached hydrogens (tertiary/aromatic N) is 4. The summed E-state index contributed by atoms with van der Waals surface area (Å²) in [5, 5.41) is 10.2. The minimum Gasteiger partial charge on any atom is -0.304 e. The predicted molar refractivity (Wildman–Crippen MR) is 121 cm³/mol. The fourth-order valence-electron chi connectivity index (χ4n) is 2.99. The molecule has 9 nitrogen and oxygen atoms in total. The van der Waals surface area contributed by atoms with Crippen LogP contribution in [0.25, 0.3) is 5.69 Å². The van der Waals surface area contributed by atoms with E-state index in [1.807, 2.05) is 54.9 Å². The average Bonchev–Trinajstić information content (AvgIpc) is 3.42. The summed E-state index contributed by atoms with van der Waals surface area (Å²) in [6.07, 6.45) is 3.58. The molecule has 0 saturated heterocycles. The van der Waals surface area contributed by atoms with Gasteiger partial charge in [-0.15, -0.1) is 10.2 Å². The largest absolute Gasteiger partial charge is 0.304 e. The lowest BCUT2D eigenvalue weighted by Gasteiger charge is -2.07. The zero-order valence-corrected chi connectivity index (χ0v) is 18.9. The molecule has 0 fully saturated rings. The molecular formula is C21H20N6O3S2. The van der Waals surface area contributed by atoms with E-state index in [0.717, 1.165) is 34.0 Å². The number of imidazole rings is 1. The maximum absolute atomic E-state index is 12.6. The number of carbonyl (C=O) groups is 1. The van der Waals surface area contributed by atoms with Crippen molar-refractivity contribution < 1.29 is 13.2 Å². The van der Waals surface area contributed by atoms with Gasteiger partial charge in [-0.05, 0) is 43.7 Å². The molecular weight excluding hydrogens is 448 g/mol. The monoisotopic (exact) mass is 468 g/mol. The number of aryl methyl sites for hydroxylation is 2. The van der Waals surface area contributed by atoms with Crippen LogP contribution >= 0.6 is 11.3 Å². The Morgan fingerprint density at radius 1 is 1.09 bits per heavy atom. The number of benzene rings is 2. The molecule has 0 unspecified atom stereocenters. The van der Waals surface area contributed by atoms with Gasteiger partial charge in [-0.2, -0.15) is 0 Å². The Morgan fingerprint density at radius 2 is 1.88 bits per heavy atom. The molecule has 4 aromatic rings. The first-order valence-electron chi connectivity index (χ1n) is 9.62. The van der Waals surface area contributed by atoms with Gasteiger partial charge in [0.2, 0.25) is 9.47 Å². The van der Waals surface area contributed by atoms with E-state index in [2.05, 4.69) is 25.2 Å². The summed E-state index contributed by atoms with van der Waals surface area (Å²) in [4.78, 5) is 16.5. The van der Waals surface area contributed by atoms with E-state index in [0.29, 0.717) is 5.56 Å². The first-order chi connectivity index (χ1) is 15.3. The van der Waals surface area contributed by atoms with Crippen molar-refractivity contribution in [2.45, 2.75) is 24.7 Å². The molecule has 0 saturated carbocycles. The van der Waals surface area contributed by atoms with E-state index in [9.17, 15) is 13.2 Å². The van der Waals surface area contributed by atoms with E-state index in [1.165, 1.54) is 0 Å². The van der Waals surface area contributed by atoms with Crippen LogP contribution in [0.4, 0.5) is 5.13 Å². The van der Waals surface area contributed by atoms with Crippen LogP contribution in [0.15, 0.2) is 65.3 Å². The van der Waals surface area contributed by atoms with Crippen LogP contribution in [0.5, 0.6) is 0 Å². The van der Waals surface area contributed by atoms with Crippen LogP contribution in [0.3, 0.4) is 0 Å². The first kappa shape index (κ1) is 21.8. The van der Waals surface area contributed by atoms with E-state index in [4.69, 9.17) is 0 Å². The van der Waals surface area contributed by atoms with Gasteiger partial charge in [0.05, 0.1) is 0 Å². The molecule has 2 aromatic heterocycles. The lowest BCUT2D eigenvalue weighted by atomic mass is 10.1. The molecule has 0 atom stereocenters. The Kier molecular flexibility index (Phi) is 6.12. The van der Waals surface area contributed by atoms with Gasteiger partial charge < -0.3 is 4.57 Å². The highest BCUT2D eigenvalue weighted by molar-refractivity contribution is 7.91. The highest BCUT2D eigenvalue weighted by Crippen LogP contribution is 2.21. The Labute approximate surface area is 189 Å². The number of carbonyl (C=O) groups excluding carboxylic acids is 1. The van der Waals surface area contributed by atoms with Crippen molar-refractivity contribution in [2.75, 3.05) is 5.32 Å². The minimum atomic E-state index is -3.88. The zero-order valence-electron chi connectivity index (χ0n) is 17.3. The SMILES string of the molecule is Cc1cccc(C(=O)Nc2nnc(S(=O)(=O)NCc3ccc(-n4ccnc4C)cc3)s2)c1. The fraction of sp³-hybridized carbons (Fsp3) is 0.143. The number of hydrogen-bond donors (Lipinski definition) is 2. The van der Waals surface area contributed by atoms with E-state index < -0.39 is 10.0 Å². The Hall–Kier alpha value is -3.41. The molecule has 0 aliphatic carbocycles. The molecule has 11 heteroatoms. The lowest BCUT2D eigenvalue weighted by molar-refractivity contribution is 0.102. The molecule has 0 aliphatic rings. The molecule has 0 aliphatic heterocycles. The molecule has 1 amide bonds. The topological polar surface area (TPSA) is 119 Å². The number of rotatable bonds is 7. The maximum Gasteiger partial charge on any atom is 0.270 e. The molecule has 2 N–H and O–H groups in total. The number of amides is 1. The Balaban J connectivity index is 1.39. The van der Waals surface area contributed by atoms with Gasteiger partial charge in [0.25, 0.3) is 15.9 Å². The van der Waals surface area contributed by atoms with Crippen molar-refractivity contribution >= 4 is 32.4 Å². The fourth-order valence-corrected chi connectivity index (χ4v) is 4.94. The summed E-state index contributed by atoms with van der Waals surface area (Å²) in [7, 11) is -3.88. The van der Waals surface area contributed by atoms with Gasteiger partial charge in [0.1, 0.15) is 5.82 Å². The Bertz CT molecular complexity index is 1360. The van der Waals surface area contributed by atoms with Crippen LogP contribution in [0.2, 0.25) is 0 Å². The smallest absolute Gasteiger partial charge is 0.270 e. The molecule has 0 radical (unpaired) electrons. The first-order valence-corrected chi connectivity index (χ1v) is 11.9. The molecule has 0 bridgehead atoms. The molecule has 164 valence electrons.